The number of aromatic hydroxyl groups is 1. The van der Waals surface area contributed by atoms with E-state index in [0.29, 0.717) is 17.7 Å². The van der Waals surface area contributed by atoms with Crippen LogP contribution < -0.4 is 0 Å². The summed E-state index contributed by atoms with van der Waals surface area (Å²) < 4.78 is 0. The fraction of sp³-hybridized carbons (Fsp3) is 0.381. The Balaban J connectivity index is 0.000000758. The van der Waals surface area contributed by atoms with Crippen LogP contribution in [-0.2, 0) is 20.8 Å². The van der Waals surface area contributed by atoms with E-state index in [1.807, 2.05) is 49.5 Å². The molecule has 2 aromatic carbocycles. The van der Waals surface area contributed by atoms with Gasteiger partial charge in [0.15, 0.2) is 0 Å². The molecule has 1 N–H and O–H groups in total. The summed E-state index contributed by atoms with van der Waals surface area (Å²) in [6.45, 7) is 4.31. The van der Waals surface area contributed by atoms with Gasteiger partial charge in [-0.3, -0.25) is 4.99 Å². The predicted octanol–water partition coefficient (Wildman–Crippen LogP) is 6.74. The molecular formula is C21H25Cl2NOZr. The van der Waals surface area contributed by atoms with Gasteiger partial charge in [-0.25, -0.2) is 0 Å². The third kappa shape index (κ3) is 5.94. The first-order valence-corrected chi connectivity index (χ1v) is 15.3. The number of aryl methyl sites for hydroxylation is 1. The molecule has 0 amide bonds. The number of halogens is 2. The van der Waals surface area contributed by atoms with E-state index in [-0.39, 0.29) is 0 Å². The number of nitrogens with zero attached hydrogens (tertiary/aromatic N) is 1. The zero-order valence-corrected chi connectivity index (χ0v) is 19.2. The van der Waals surface area contributed by atoms with Crippen LogP contribution >= 0.6 is 17.0 Å². The Labute approximate surface area is 175 Å². The molecule has 2 atom stereocenters. The molecule has 5 heteroatoms. The molecule has 0 spiro atoms. The van der Waals surface area contributed by atoms with Crippen LogP contribution in [0.25, 0.3) is 11.1 Å². The van der Waals surface area contributed by atoms with Gasteiger partial charge in [-0.2, -0.15) is 0 Å². The van der Waals surface area contributed by atoms with Crippen molar-refractivity contribution in [3.05, 3.63) is 53.6 Å². The summed E-state index contributed by atoms with van der Waals surface area (Å²) in [7, 11) is 9.87. The summed E-state index contributed by atoms with van der Waals surface area (Å²) in [6.07, 6.45) is 6.90. The first kappa shape index (κ1) is 21.7. The van der Waals surface area contributed by atoms with Crippen molar-refractivity contribution in [3.63, 3.8) is 0 Å². The zero-order valence-electron chi connectivity index (χ0n) is 15.3. The molecule has 138 valence electrons. The van der Waals surface area contributed by atoms with E-state index in [1.165, 1.54) is 19.3 Å². The standard InChI is InChI=1S/C21H25NO.2ClH.Zr/c1-15-12-13-18(17-9-4-3-5-10-17)21(23)19(15)14-22-20-11-7-6-8-16(20)2;;;/h3-5,9-10,12-14,16,20,23H,6-8,11H2,1-2H3;2*1H;/q;;;+2/p-2. The Morgan fingerprint density at radius 2 is 1.73 bits per heavy atom. The Morgan fingerprint density at radius 1 is 1.08 bits per heavy atom. The van der Waals surface area contributed by atoms with E-state index in [2.05, 4.69) is 13.0 Å². The fourth-order valence-electron chi connectivity index (χ4n) is 3.41. The van der Waals surface area contributed by atoms with Crippen molar-refractivity contribution in [2.24, 2.45) is 10.9 Å². The van der Waals surface area contributed by atoms with E-state index in [0.717, 1.165) is 28.7 Å². The molecule has 0 heterocycles. The third-order valence-corrected chi connectivity index (χ3v) is 4.98. The molecule has 3 rings (SSSR count). The average Bonchev–Trinajstić information content (AvgIpc) is 2.64. The maximum absolute atomic E-state index is 10.7. The van der Waals surface area contributed by atoms with Crippen LogP contribution in [0.2, 0.25) is 0 Å². The van der Waals surface area contributed by atoms with Gasteiger partial charge >= 0.3 is 37.9 Å². The van der Waals surface area contributed by atoms with Gasteiger partial charge in [0.1, 0.15) is 5.75 Å². The van der Waals surface area contributed by atoms with Gasteiger partial charge in [0.25, 0.3) is 0 Å². The van der Waals surface area contributed by atoms with Crippen LogP contribution in [0.4, 0.5) is 0 Å². The monoisotopic (exact) mass is 467 g/mol. The number of phenolic OH excluding ortho intramolecular Hbond substituents is 1. The summed E-state index contributed by atoms with van der Waals surface area (Å²) >= 11 is -0.826. The van der Waals surface area contributed by atoms with E-state index in [4.69, 9.17) is 22.0 Å². The minimum absolute atomic E-state index is 0.336. The second-order valence-electron chi connectivity index (χ2n) is 6.74. The SMILES string of the molecule is Cc1ccc(-c2ccccc2)c(O)c1C=NC1CCCCC1C.[Cl][Zr][Cl]. The fourth-order valence-corrected chi connectivity index (χ4v) is 3.41. The number of hydrogen-bond donors (Lipinski definition) is 1. The summed E-state index contributed by atoms with van der Waals surface area (Å²) in [5.74, 6) is 0.975. The van der Waals surface area contributed by atoms with Crippen LogP contribution in [0.5, 0.6) is 5.75 Å². The van der Waals surface area contributed by atoms with E-state index < -0.39 is 20.8 Å². The first-order chi connectivity index (χ1) is 12.6. The number of hydrogen-bond acceptors (Lipinski definition) is 2. The van der Waals surface area contributed by atoms with Gasteiger partial charge in [-0.15, -0.1) is 0 Å². The summed E-state index contributed by atoms with van der Waals surface area (Å²) in [6, 6.07) is 14.5. The van der Waals surface area contributed by atoms with Crippen LogP contribution in [0.15, 0.2) is 47.5 Å². The van der Waals surface area contributed by atoms with Gasteiger partial charge in [0.05, 0.1) is 6.04 Å². The summed E-state index contributed by atoms with van der Waals surface area (Å²) in [4.78, 5) is 4.81. The minimum atomic E-state index is -0.826. The first-order valence-electron chi connectivity index (χ1n) is 8.96. The molecule has 1 fully saturated rings. The van der Waals surface area contributed by atoms with Gasteiger partial charge in [-0.05, 0) is 36.8 Å². The van der Waals surface area contributed by atoms with E-state index in [9.17, 15) is 5.11 Å². The predicted molar refractivity (Wildman–Crippen MR) is 109 cm³/mol. The van der Waals surface area contributed by atoms with Crippen LogP contribution in [0, 0.1) is 12.8 Å². The molecule has 0 bridgehead atoms. The number of aliphatic imine (C=N–C) groups is 1. The van der Waals surface area contributed by atoms with Crippen molar-refractivity contribution in [2.45, 2.75) is 45.6 Å². The maximum atomic E-state index is 10.7. The molecule has 2 aromatic rings. The number of rotatable bonds is 3. The van der Waals surface area contributed by atoms with Gasteiger partial charge < -0.3 is 5.11 Å². The zero-order chi connectivity index (χ0) is 18.9. The summed E-state index contributed by atoms with van der Waals surface area (Å²) in [5, 5.41) is 10.7. The molecule has 26 heavy (non-hydrogen) atoms. The summed E-state index contributed by atoms with van der Waals surface area (Å²) in [5.41, 5.74) is 3.82. The van der Waals surface area contributed by atoms with Crippen LogP contribution in [0.1, 0.15) is 43.7 Å². The Kier molecular flexibility index (Phi) is 9.39. The van der Waals surface area contributed by atoms with Gasteiger partial charge in [0, 0.05) is 17.3 Å². The Bertz CT molecular complexity index is 721. The van der Waals surface area contributed by atoms with Crippen molar-refractivity contribution in [1.82, 2.24) is 0 Å². The molecule has 0 aliphatic heterocycles. The van der Waals surface area contributed by atoms with Crippen molar-refractivity contribution >= 4 is 23.2 Å². The third-order valence-electron chi connectivity index (χ3n) is 4.98. The van der Waals surface area contributed by atoms with Crippen molar-refractivity contribution in [1.29, 1.82) is 0 Å². The van der Waals surface area contributed by atoms with Crippen molar-refractivity contribution in [2.75, 3.05) is 0 Å². The van der Waals surface area contributed by atoms with E-state index >= 15 is 0 Å². The molecule has 0 aromatic heterocycles. The van der Waals surface area contributed by atoms with Crippen LogP contribution in [-0.4, -0.2) is 17.4 Å². The Morgan fingerprint density at radius 3 is 2.38 bits per heavy atom. The molecule has 1 aliphatic rings. The quantitative estimate of drug-likeness (QED) is 0.496. The molecule has 1 saturated carbocycles. The van der Waals surface area contributed by atoms with Gasteiger partial charge in [0.2, 0.25) is 0 Å². The second kappa shape index (κ2) is 11.3. The molecule has 1 aliphatic carbocycles. The van der Waals surface area contributed by atoms with Gasteiger partial charge in [-0.1, -0.05) is 62.2 Å². The van der Waals surface area contributed by atoms with Crippen molar-refractivity contribution in [3.8, 4) is 16.9 Å². The molecular weight excluding hydrogens is 444 g/mol. The normalized spacial score (nSPS) is 19.7. The molecule has 0 saturated heterocycles. The van der Waals surface area contributed by atoms with E-state index in [1.54, 1.807) is 0 Å². The second-order valence-corrected chi connectivity index (χ2v) is 10.5. The van der Waals surface area contributed by atoms with Crippen molar-refractivity contribution < 1.29 is 26.0 Å². The topological polar surface area (TPSA) is 32.6 Å². The average molecular weight is 470 g/mol. The molecule has 2 unspecified atom stereocenters. The van der Waals surface area contributed by atoms with Crippen LogP contribution in [0.3, 0.4) is 0 Å². The number of phenols is 1. The molecule has 0 radical (unpaired) electrons. The number of benzene rings is 2. The molecule has 2 nitrogen and oxygen atoms in total. The Hall–Kier alpha value is -0.627.